The standard InChI is InChI=1S/C66H112O5/c1-3-5-7-9-11-13-15-17-19-21-22-23-24-25-26-27-28-29-30-31-32-33-34-35-36-37-38-39-40-41-42-43-44-45-47-49-51-53-55-57-59-61-66(69)71-64(62-67)63-70-65(68)60-58-56-54-52-50-48-46-20-18-16-14-12-10-8-6-4-2/h5,7,11,13,17,19,22-23,25-26,28-29,31-32,34-35,37-38,64,67H,3-4,6,8-10,12,14-16,18,20-21,24,27,30,33,36,39-63H2,1-2H3/b7-5-,13-11-,19-17-,23-22-,26-25-,29-28-,32-31-,35-34-,38-37-. The predicted molar refractivity (Wildman–Crippen MR) is 311 cm³/mol. The third-order valence-electron chi connectivity index (χ3n) is 12.8. The van der Waals surface area contributed by atoms with Gasteiger partial charge in [-0.05, 0) is 83.5 Å². The monoisotopic (exact) mass is 985 g/mol. The van der Waals surface area contributed by atoms with Crippen molar-refractivity contribution in [2.75, 3.05) is 13.2 Å². The number of hydrogen-bond acceptors (Lipinski definition) is 5. The van der Waals surface area contributed by atoms with Crippen LogP contribution < -0.4 is 0 Å². The maximum atomic E-state index is 12.3. The number of unbranched alkanes of at least 4 members (excludes halogenated alkanes) is 28. The van der Waals surface area contributed by atoms with Crippen molar-refractivity contribution < 1.29 is 24.2 Å². The molecule has 0 aromatic heterocycles. The van der Waals surface area contributed by atoms with Gasteiger partial charge in [0.15, 0.2) is 6.10 Å². The molecular weight excluding hydrogens is 873 g/mol. The first-order valence-corrected chi connectivity index (χ1v) is 29.9. The van der Waals surface area contributed by atoms with Gasteiger partial charge in [-0.15, -0.1) is 0 Å². The number of aliphatic hydroxyl groups excluding tert-OH is 1. The quantitative estimate of drug-likeness (QED) is 0.0373. The molecule has 1 N–H and O–H groups in total. The maximum Gasteiger partial charge on any atom is 0.306 e. The summed E-state index contributed by atoms with van der Waals surface area (Å²) in [7, 11) is 0. The Morgan fingerprint density at radius 1 is 0.338 bits per heavy atom. The molecule has 406 valence electrons. The van der Waals surface area contributed by atoms with Gasteiger partial charge in [0.25, 0.3) is 0 Å². The number of rotatable bonds is 54. The van der Waals surface area contributed by atoms with Crippen molar-refractivity contribution in [1.29, 1.82) is 0 Å². The van der Waals surface area contributed by atoms with E-state index in [4.69, 9.17) is 9.47 Å². The summed E-state index contributed by atoms with van der Waals surface area (Å²) in [5.41, 5.74) is 0. The van der Waals surface area contributed by atoms with Gasteiger partial charge in [0, 0.05) is 12.8 Å². The van der Waals surface area contributed by atoms with Gasteiger partial charge in [-0.3, -0.25) is 9.59 Å². The smallest absolute Gasteiger partial charge is 0.306 e. The molecule has 0 spiro atoms. The first-order chi connectivity index (χ1) is 35.1. The molecular formula is C66H112O5. The minimum atomic E-state index is -0.775. The largest absolute Gasteiger partial charge is 0.462 e. The van der Waals surface area contributed by atoms with Crippen molar-refractivity contribution >= 4 is 11.9 Å². The number of hydrogen-bond donors (Lipinski definition) is 1. The van der Waals surface area contributed by atoms with Crippen LogP contribution in [-0.4, -0.2) is 36.4 Å². The fraction of sp³-hybridized carbons (Fsp3) is 0.697. The summed E-state index contributed by atoms with van der Waals surface area (Å²) in [6.45, 7) is 4.04. The van der Waals surface area contributed by atoms with Crippen LogP contribution in [0.4, 0.5) is 0 Å². The Morgan fingerprint density at radius 2 is 0.606 bits per heavy atom. The molecule has 0 radical (unpaired) electrons. The van der Waals surface area contributed by atoms with Crippen molar-refractivity contribution in [3.63, 3.8) is 0 Å². The SMILES string of the molecule is CC/C=C\C/C=C\C/C=C\C/C=C\C/C=C\C/C=C\C/C=C\C/C=C\C/C=C\CCCCCCCCCCCCCCCC(=O)OC(CO)COC(=O)CCCCCCCCCCCCCCCCCC. The van der Waals surface area contributed by atoms with E-state index in [9.17, 15) is 14.7 Å². The highest BCUT2D eigenvalue weighted by atomic mass is 16.6. The third-order valence-corrected chi connectivity index (χ3v) is 12.8. The maximum absolute atomic E-state index is 12.3. The number of allylic oxidation sites excluding steroid dienone is 18. The summed E-state index contributed by atoms with van der Waals surface area (Å²) in [5.74, 6) is -0.585. The zero-order valence-electron chi connectivity index (χ0n) is 46.5. The fourth-order valence-electron chi connectivity index (χ4n) is 8.37. The molecule has 71 heavy (non-hydrogen) atoms. The molecule has 0 aromatic carbocycles. The van der Waals surface area contributed by atoms with E-state index in [2.05, 4.69) is 123 Å². The Labute approximate surface area is 440 Å². The van der Waals surface area contributed by atoms with Crippen molar-refractivity contribution in [3.8, 4) is 0 Å². The Kier molecular flexibility index (Phi) is 57.9. The normalized spacial score (nSPS) is 13.0. The van der Waals surface area contributed by atoms with E-state index < -0.39 is 6.10 Å². The van der Waals surface area contributed by atoms with Crippen molar-refractivity contribution in [3.05, 3.63) is 109 Å². The minimum absolute atomic E-state index is 0.0661. The van der Waals surface area contributed by atoms with E-state index in [0.29, 0.717) is 12.8 Å². The highest BCUT2D eigenvalue weighted by Crippen LogP contribution is 2.16. The Morgan fingerprint density at radius 3 is 0.915 bits per heavy atom. The number of esters is 2. The number of carbonyl (C=O) groups is 2. The predicted octanol–water partition coefficient (Wildman–Crippen LogP) is 20.5. The van der Waals surface area contributed by atoms with Gasteiger partial charge in [0.05, 0.1) is 6.61 Å². The summed E-state index contributed by atoms with van der Waals surface area (Å²) in [6, 6.07) is 0. The molecule has 0 heterocycles. The molecule has 5 heteroatoms. The van der Waals surface area contributed by atoms with Gasteiger partial charge in [-0.25, -0.2) is 0 Å². The van der Waals surface area contributed by atoms with Gasteiger partial charge in [-0.1, -0.05) is 290 Å². The van der Waals surface area contributed by atoms with Crippen molar-refractivity contribution in [1.82, 2.24) is 0 Å². The fourth-order valence-corrected chi connectivity index (χ4v) is 8.37. The molecule has 1 unspecified atom stereocenters. The highest BCUT2D eigenvalue weighted by molar-refractivity contribution is 5.70. The molecule has 0 saturated carbocycles. The zero-order valence-corrected chi connectivity index (χ0v) is 46.5. The van der Waals surface area contributed by atoms with Crippen LogP contribution in [-0.2, 0) is 19.1 Å². The summed E-state index contributed by atoms with van der Waals surface area (Å²) >= 11 is 0. The second-order valence-electron chi connectivity index (χ2n) is 19.7. The first kappa shape index (κ1) is 67.6. The van der Waals surface area contributed by atoms with Crippen LogP contribution in [0, 0.1) is 0 Å². The van der Waals surface area contributed by atoms with Crippen LogP contribution >= 0.6 is 0 Å². The molecule has 0 fully saturated rings. The molecule has 0 bridgehead atoms. The zero-order chi connectivity index (χ0) is 51.3. The van der Waals surface area contributed by atoms with Gasteiger partial charge >= 0.3 is 11.9 Å². The Balaban J connectivity index is 3.52. The molecule has 0 rings (SSSR count). The summed E-state index contributed by atoms with van der Waals surface area (Å²) in [4.78, 5) is 24.5. The van der Waals surface area contributed by atoms with E-state index in [1.807, 2.05) is 0 Å². The third kappa shape index (κ3) is 59.0. The second kappa shape index (κ2) is 60.9. The number of carbonyl (C=O) groups excluding carboxylic acids is 2. The lowest BCUT2D eigenvalue weighted by molar-refractivity contribution is -0.161. The summed E-state index contributed by atoms with van der Waals surface area (Å²) in [6.07, 6.45) is 87.9. The lowest BCUT2D eigenvalue weighted by Gasteiger charge is -2.15. The molecule has 1 atom stereocenters. The van der Waals surface area contributed by atoms with Crippen LogP contribution in [0.25, 0.3) is 0 Å². The molecule has 0 aliphatic heterocycles. The highest BCUT2D eigenvalue weighted by Gasteiger charge is 2.16. The van der Waals surface area contributed by atoms with Crippen molar-refractivity contribution in [2.45, 2.75) is 283 Å². The molecule has 0 aliphatic carbocycles. The van der Waals surface area contributed by atoms with Crippen molar-refractivity contribution in [2.24, 2.45) is 0 Å². The first-order valence-electron chi connectivity index (χ1n) is 29.9. The average molecular weight is 986 g/mol. The second-order valence-corrected chi connectivity index (χ2v) is 19.7. The number of aliphatic hydroxyl groups is 1. The van der Waals surface area contributed by atoms with E-state index in [1.165, 1.54) is 154 Å². The van der Waals surface area contributed by atoms with E-state index in [-0.39, 0.29) is 25.2 Å². The number of ether oxygens (including phenoxy) is 2. The van der Waals surface area contributed by atoms with Crippen LogP contribution in [0.15, 0.2) is 109 Å². The average Bonchev–Trinajstić information content (AvgIpc) is 3.37. The van der Waals surface area contributed by atoms with Crippen LogP contribution in [0.1, 0.15) is 277 Å². The molecule has 5 nitrogen and oxygen atoms in total. The lowest BCUT2D eigenvalue weighted by Crippen LogP contribution is -2.28. The van der Waals surface area contributed by atoms with Crippen LogP contribution in [0.5, 0.6) is 0 Å². The summed E-state index contributed by atoms with van der Waals surface area (Å²) in [5, 5.41) is 9.65. The Hall–Kier alpha value is -3.44. The van der Waals surface area contributed by atoms with Gasteiger partial charge in [0.2, 0.25) is 0 Å². The Bertz CT molecular complexity index is 1390. The molecule has 0 aromatic rings. The molecule has 0 saturated heterocycles. The van der Waals surface area contributed by atoms with E-state index >= 15 is 0 Å². The van der Waals surface area contributed by atoms with Gasteiger partial charge < -0.3 is 14.6 Å². The molecule has 0 aliphatic rings. The van der Waals surface area contributed by atoms with Crippen LogP contribution in [0.2, 0.25) is 0 Å². The summed E-state index contributed by atoms with van der Waals surface area (Å²) < 4.78 is 10.7. The van der Waals surface area contributed by atoms with Crippen LogP contribution in [0.3, 0.4) is 0 Å². The topological polar surface area (TPSA) is 72.8 Å². The molecule has 0 amide bonds. The van der Waals surface area contributed by atoms with Gasteiger partial charge in [0.1, 0.15) is 6.61 Å². The van der Waals surface area contributed by atoms with Gasteiger partial charge in [-0.2, -0.15) is 0 Å². The van der Waals surface area contributed by atoms with E-state index in [1.54, 1.807) is 0 Å². The lowest BCUT2D eigenvalue weighted by atomic mass is 10.0. The minimum Gasteiger partial charge on any atom is -0.462 e. The van der Waals surface area contributed by atoms with E-state index in [0.717, 1.165) is 96.3 Å².